The van der Waals surface area contributed by atoms with Crippen molar-refractivity contribution in [3.63, 3.8) is 0 Å². The van der Waals surface area contributed by atoms with Gasteiger partial charge in [0, 0.05) is 12.2 Å². The molecule has 3 nitrogen and oxygen atoms in total. The predicted molar refractivity (Wildman–Crippen MR) is 59.8 cm³/mol. The number of hydrogen-bond donors (Lipinski definition) is 1. The molecule has 1 aromatic rings. The lowest BCUT2D eigenvalue weighted by Gasteiger charge is -2.27. The van der Waals surface area contributed by atoms with Gasteiger partial charge in [-0.15, -0.1) is 0 Å². The van der Waals surface area contributed by atoms with Crippen LogP contribution < -0.4 is 5.32 Å². The molecule has 0 aromatic carbocycles. The minimum Gasteiger partial charge on any atom is -0.334 e. The standard InChI is InChI=1S/C12H19N3/c1-2-4-12-11(3-1)14-9-15(12)6-5-10-7-13-8-10/h9-10,13H,1-8H2. The highest BCUT2D eigenvalue weighted by molar-refractivity contribution is 5.16. The number of rotatable bonds is 3. The number of aryl methyl sites for hydroxylation is 2. The summed E-state index contributed by atoms with van der Waals surface area (Å²) < 4.78 is 2.40. The van der Waals surface area contributed by atoms with Crippen molar-refractivity contribution in [1.29, 1.82) is 0 Å². The van der Waals surface area contributed by atoms with Crippen molar-refractivity contribution in [3.05, 3.63) is 17.7 Å². The number of imidazole rings is 1. The summed E-state index contributed by atoms with van der Waals surface area (Å²) >= 11 is 0. The van der Waals surface area contributed by atoms with Gasteiger partial charge in [0.05, 0.1) is 12.0 Å². The third-order valence-corrected chi connectivity index (χ3v) is 3.75. The van der Waals surface area contributed by atoms with Crippen molar-refractivity contribution in [2.45, 2.75) is 38.6 Å². The summed E-state index contributed by atoms with van der Waals surface area (Å²) in [6, 6.07) is 0. The van der Waals surface area contributed by atoms with Gasteiger partial charge >= 0.3 is 0 Å². The summed E-state index contributed by atoms with van der Waals surface area (Å²) in [6.45, 7) is 3.61. The van der Waals surface area contributed by atoms with Crippen LogP contribution in [0.25, 0.3) is 0 Å². The van der Waals surface area contributed by atoms with Crippen LogP contribution in [0.3, 0.4) is 0 Å². The molecule has 1 aliphatic carbocycles. The molecule has 1 N–H and O–H groups in total. The number of nitrogens with zero attached hydrogens (tertiary/aromatic N) is 2. The number of hydrogen-bond acceptors (Lipinski definition) is 2. The maximum Gasteiger partial charge on any atom is 0.0951 e. The van der Waals surface area contributed by atoms with Gasteiger partial charge in [0.1, 0.15) is 0 Å². The van der Waals surface area contributed by atoms with Gasteiger partial charge in [-0.1, -0.05) is 0 Å². The summed E-state index contributed by atoms with van der Waals surface area (Å²) in [5.41, 5.74) is 2.89. The second kappa shape index (κ2) is 3.97. The first-order chi connectivity index (χ1) is 7.43. The highest BCUT2D eigenvalue weighted by Gasteiger charge is 2.18. The average Bonchev–Trinajstić information content (AvgIpc) is 2.60. The van der Waals surface area contributed by atoms with E-state index in [1.54, 1.807) is 0 Å². The minimum atomic E-state index is 0.909. The summed E-state index contributed by atoms with van der Waals surface area (Å²) in [6.07, 6.45) is 8.50. The van der Waals surface area contributed by atoms with E-state index in [0.717, 1.165) is 5.92 Å². The molecular weight excluding hydrogens is 186 g/mol. The van der Waals surface area contributed by atoms with Crippen molar-refractivity contribution in [2.24, 2.45) is 5.92 Å². The van der Waals surface area contributed by atoms with E-state index >= 15 is 0 Å². The van der Waals surface area contributed by atoms with Gasteiger partial charge in [-0.05, 0) is 51.1 Å². The van der Waals surface area contributed by atoms with Crippen LogP contribution in [0.4, 0.5) is 0 Å². The summed E-state index contributed by atoms with van der Waals surface area (Å²) in [4.78, 5) is 4.53. The van der Waals surface area contributed by atoms with E-state index in [1.165, 1.54) is 63.1 Å². The molecule has 0 atom stereocenters. The van der Waals surface area contributed by atoms with Crippen LogP contribution in [0.2, 0.25) is 0 Å². The van der Waals surface area contributed by atoms with E-state index in [1.807, 2.05) is 0 Å². The fraction of sp³-hybridized carbons (Fsp3) is 0.750. The zero-order valence-corrected chi connectivity index (χ0v) is 9.21. The van der Waals surface area contributed by atoms with Crippen LogP contribution in [-0.2, 0) is 19.4 Å². The Morgan fingerprint density at radius 1 is 1.33 bits per heavy atom. The highest BCUT2D eigenvalue weighted by Crippen LogP contribution is 2.21. The second-order valence-corrected chi connectivity index (χ2v) is 4.85. The van der Waals surface area contributed by atoms with Gasteiger partial charge in [-0.2, -0.15) is 0 Å². The quantitative estimate of drug-likeness (QED) is 0.807. The summed E-state index contributed by atoms with van der Waals surface area (Å²) in [7, 11) is 0. The van der Waals surface area contributed by atoms with Gasteiger partial charge < -0.3 is 9.88 Å². The van der Waals surface area contributed by atoms with Crippen molar-refractivity contribution in [1.82, 2.24) is 14.9 Å². The van der Waals surface area contributed by atoms with E-state index in [4.69, 9.17) is 0 Å². The molecule has 2 heterocycles. The number of nitrogens with one attached hydrogen (secondary N) is 1. The Labute approximate surface area is 90.9 Å². The fourth-order valence-corrected chi connectivity index (χ4v) is 2.60. The highest BCUT2D eigenvalue weighted by atomic mass is 15.1. The first kappa shape index (κ1) is 9.40. The molecule has 1 aliphatic heterocycles. The van der Waals surface area contributed by atoms with Gasteiger partial charge in [0.25, 0.3) is 0 Å². The molecule has 3 heteroatoms. The van der Waals surface area contributed by atoms with E-state index in [0.29, 0.717) is 0 Å². The van der Waals surface area contributed by atoms with Crippen LogP contribution >= 0.6 is 0 Å². The molecule has 0 saturated carbocycles. The van der Waals surface area contributed by atoms with Crippen LogP contribution in [0.1, 0.15) is 30.7 Å². The molecule has 1 saturated heterocycles. The van der Waals surface area contributed by atoms with Crippen molar-refractivity contribution >= 4 is 0 Å². The Hall–Kier alpha value is -0.830. The van der Waals surface area contributed by atoms with E-state index in [-0.39, 0.29) is 0 Å². The molecule has 1 aromatic heterocycles. The molecule has 0 bridgehead atoms. The number of aromatic nitrogens is 2. The van der Waals surface area contributed by atoms with Crippen LogP contribution in [0.15, 0.2) is 6.33 Å². The molecular formula is C12H19N3. The maximum atomic E-state index is 4.53. The van der Waals surface area contributed by atoms with Crippen molar-refractivity contribution in [3.8, 4) is 0 Å². The molecule has 0 spiro atoms. The van der Waals surface area contributed by atoms with Gasteiger partial charge in [0.15, 0.2) is 0 Å². The lowest BCUT2D eigenvalue weighted by Crippen LogP contribution is -2.42. The monoisotopic (exact) mass is 205 g/mol. The Balaban J connectivity index is 1.66. The van der Waals surface area contributed by atoms with Gasteiger partial charge in [-0.3, -0.25) is 0 Å². The molecule has 0 amide bonds. The average molecular weight is 205 g/mol. The first-order valence-corrected chi connectivity index (χ1v) is 6.17. The zero-order chi connectivity index (χ0) is 10.1. The topological polar surface area (TPSA) is 29.9 Å². The molecule has 0 unspecified atom stereocenters. The summed E-state index contributed by atoms with van der Waals surface area (Å²) in [5.74, 6) is 0.909. The minimum absolute atomic E-state index is 0.909. The first-order valence-electron chi connectivity index (χ1n) is 6.17. The Morgan fingerprint density at radius 3 is 3.00 bits per heavy atom. The largest absolute Gasteiger partial charge is 0.334 e. The Morgan fingerprint density at radius 2 is 2.20 bits per heavy atom. The van der Waals surface area contributed by atoms with Crippen molar-refractivity contribution < 1.29 is 0 Å². The molecule has 82 valence electrons. The van der Waals surface area contributed by atoms with E-state index in [2.05, 4.69) is 21.2 Å². The molecule has 0 radical (unpaired) electrons. The third-order valence-electron chi connectivity index (χ3n) is 3.75. The van der Waals surface area contributed by atoms with Crippen LogP contribution in [0.5, 0.6) is 0 Å². The van der Waals surface area contributed by atoms with E-state index in [9.17, 15) is 0 Å². The molecule has 1 fully saturated rings. The van der Waals surface area contributed by atoms with Gasteiger partial charge in [-0.25, -0.2) is 4.98 Å². The van der Waals surface area contributed by atoms with Crippen LogP contribution in [-0.4, -0.2) is 22.6 Å². The Bertz CT molecular complexity index is 339. The van der Waals surface area contributed by atoms with Gasteiger partial charge in [0.2, 0.25) is 0 Å². The second-order valence-electron chi connectivity index (χ2n) is 4.85. The maximum absolute atomic E-state index is 4.53. The fourth-order valence-electron chi connectivity index (χ4n) is 2.60. The normalized spacial score (nSPS) is 21.1. The third kappa shape index (κ3) is 1.81. The molecule has 2 aliphatic rings. The lowest BCUT2D eigenvalue weighted by atomic mass is 9.98. The lowest BCUT2D eigenvalue weighted by molar-refractivity contribution is 0.310. The number of fused-ring (bicyclic) bond motifs is 1. The summed E-state index contributed by atoms with van der Waals surface area (Å²) in [5, 5.41) is 3.33. The molecule has 15 heavy (non-hydrogen) atoms. The smallest absolute Gasteiger partial charge is 0.0951 e. The van der Waals surface area contributed by atoms with Crippen molar-refractivity contribution in [2.75, 3.05) is 13.1 Å². The SMILES string of the molecule is c1nc2c(n1CCC1CNC1)CCCC2. The van der Waals surface area contributed by atoms with Crippen LogP contribution in [0, 0.1) is 5.92 Å². The zero-order valence-electron chi connectivity index (χ0n) is 9.21. The predicted octanol–water partition coefficient (Wildman–Crippen LogP) is 1.37. The van der Waals surface area contributed by atoms with E-state index < -0.39 is 0 Å². The molecule has 3 rings (SSSR count). The Kier molecular flexibility index (Phi) is 2.49.